The van der Waals surface area contributed by atoms with Crippen LogP contribution in [0.1, 0.15) is 0 Å². The maximum absolute atomic E-state index is 10.8. The van der Waals surface area contributed by atoms with E-state index in [4.69, 9.17) is 0 Å². The molecular formula is C3H11IN2O5. The number of hydrogen-bond donors (Lipinski definition) is 2. The monoisotopic (exact) mass is 282 g/mol. The van der Waals surface area contributed by atoms with Crippen molar-refractivity contribution in [3.8, 4) is 0 Å². The molecule has 0 bridgehead atoms. The van der Waals surface area contributed by atoms with E-state index >= 15 is 0 Å². The van der Waals surface area contributed by atoms with Gasteiger partial charge in [-0.2, -0.15) is 0 Å². The van der Waals surface area contributed by atoms with Gasteiger partial charge in [0.15, 0.2) is 0 Å². The van der Waals surface area contributed by atoms with E-state index in [1.165, 1.54) is 14.2 Å². The van der Waals surface area contributed by atoms with Gasteiger partial charge in [-0.1, -0.05) is 0 Å². The molecule has 2 atom stereocenters. The third-order valence-electron chi connectivity index (χ3n) is 0.798. The summed E-state index contributed by atoms with van der Waals surface area (Å²) < 4.78 is -0.734. The Kier molecular flexibility index (Phi) is 6.27. The predicted molar refractivity (Wildman–Crippen MR) is 43.7 cm³/mol. The Balaban J connectivity index is 3.55. The molecule has 0 aromatic heterocycles. The fraction of sp³-hybridized carbons (Fsp3) is 1.00. The van der Waals surface area contributed by atoms with E-state index in [0.717, 1.165) is 0 Å². The Morgan fingerprint density at radius 3 is 2.27 bits per heavy atom. The molecule has 70 valence electrons. The number of alkyl halides is 1. The quantitative estimate of drug-likeness (QED) is 0.196. The molecule has 0 spiro atoms. The number of rotatable bonds is 5. The SMILES string of the molecule is COOO[NH+]([O-])I(C)[NH+](C)[O-]. The van der Waals surface area contributed by atoms with Crippen molar-refractivity contribution in [3.05, 3.63) is 10.4 Å². The first-order valence-corrected chi connectivity index (χ1v) is 6.92. The topological polar surface area (TPSA) is 82.7 Å². The fourth-order valence-corrected chi connectivity index (χ4v) is 1.18. The zero-order chi connectivity index (χ0) is 8.85. The summed E-state index contributed by atoms with van der Waals surface area (Å²) >= 11 is -2.27. The van der Waals surface area contributed by atoms with Gasteiger partial charge in [-0.05, 0) is 0 Å². The molecule has 0 saturated carbocycles. The van der Waals surface area contributed by atoms with Gasteiger partial charge in [-0.3, -0.25) is 0 Å². The van der Waals surface area contributed by atoms with Crippen molar-refractivity contribution in [1.29, 1.82) is 0 Å². The van der Waals surface area contributed by atoms with Gasteiger partial charge in [-0.15, -0.1) is 0 Å². The van der Waals surface area contributed by atoms with E-state index in [1.54, 1.807) is 4.93 Å². The number of nitrogens with one attached hydrogen (secondary N) is 2. The summed E-state index contributed by atoms with van der Waals surface area (Å²) in [5, 5.41) is 25.3. The van der Waals surface area contributed by atoms with Crippen molar-refractivity contribution >= 4 is 20.4 Å². The third kappa shape index (κ3) is 4.81. The molecule has 7 nitrogen and oxygen atoms in total. The average Bonchev–Trinajstić information content (AvgIpc) is 1.98. The molecule has 0 aliphatic rings. The Morgan fingerprint density at radius 2 is 1.91 bits per heavy atom. The summed E-state index contributed by atoms with van der Waals surface area (Å²) in [6.07, 6.45) is 0. The molecule has 0 aromatic rings. The van der Waals surface area contributed by atoms with Crippen molar-refractivity contribution in [1.82, 2.24) is 0 Å². The van der Waals surface area contributed by atoms with Gasteiger partial charge >= 0.3 is 71.5 Å². The minimum atomic E-state index is -2.27. The Hall–Kier alpha value is 0.450. The van der Waals surface area contributed by atoms with E-state index in [9.17, 15) is 10.4 Å². The summed E-state index contributed by atoms with van der Waals surface area (Å²) in [6, 6.07) is 0. The standard InChI is InChI=1S/C3H11IN2O5/c1-4(5(2)7)6(8)10-11-9-3/h5-6H,1-3H3. The molecule has 0 aliphatic carbocycles. The first-order chi connectivity index (χ1) is 5.09. The van der Waals surface area contributed by atoms with Gasteiger partial charge in [-0.25, -0.2) is 0 Å². The molecule has 2 N–H and O–H groups in total. The van der Waals surface area contributed by atoms with Crippen molar-refractivity contribution in [2.24, 2.45) is 0 Å². The number of hydrogen-bond acceptors (Lipinski definition) is 5. The van der Waals surface area contributed by atoms with Crippen molar-refractivity contribution in [3.63, 3.8) is 0 Å². The fourth-order valence-electron chi connectivity index (χ4n) is 0.217. The summed E-state index contributed by atoms with van der Waals surface area (Å²) in [5.74, 6) is 0. The molecule has 0 rings (SSSR count). The molecular weight excluding hydrogens is 271 g/mol. The number of quaternary nitrogens is 2. The van der Waals surface area contributed by atoms with Crippen LogP contribution in [0, 0.1) is 10.4 Å². The average molecular weight is 282 g/mol. The maximum atomic E-state index is 10.8. The van der Waals surface area contributed by atoms with E-state index in [1.807, 2.05) is 0 Å². The van der Waals surface area contributed by atoms with E-state index < -0.39 is 23.8 Å². The van der Waals surface area contributed by atoms with Crippen molar-refractivity contribution in [2.45, 2.75) is 0 Å². The van der Waals surface area contributed by atoms with Crippen LogP contribution in [0.25, 0.3) is 0 Å². The minimum absolute atomic E-state index is 0.126. The van der Waals surface area contributed by atoms with Gasteiger partial charge in [0, 0.05) is 0 Å². The Bertz CT molecular complexity index is 104. The molecule has 0 fully saturated rings. The van der Waals surface area contributed by atoms with Gasteiger partial charge in [0.05, 0.1) is 0 Å². The number of halogens is 1. The van der Waals surface area contributed by atoms with Gasteiger partial charge in [0.2, 0.25) is 0 Å². The second-order valence-corrected chi connectivity index (χ2v) is 6.60. The van der Waals surface area contributed by atoms with E-state index in [2.05, 4.69) is 14.9 Å². The van der Waals surface area contributed by atoms with Gasteiger partial charge in [0.1, 0.15) is 0 Å². The van der Waals surface area contributed by atoms with E-state index in [-0.39, 0.29) is 3.28 Å². The summed E-state index contributed by atoms with van der Waals surface area (Å²) in [5.41, 5.74) is 0. The summed E-state index contributed by atoms with van der Waals surface area (Å²) in [4.78, 5) is 9.69. The zero-order valence-corrected chi connectivity index (χ0v) is 8.58. The zero-order valence-electron chi connectivity index (χ0n) is 6.42. The second kappa shape index (κ2) is 6.02. The molecule has 0 heterocycles. The van der Waals surface area contributed by atoms with E-state index in [0.29, 0.717) is 0 Å². The normalized spacial score (nSPS) is 17.7. The third-order valence-corrected chi connectivity index (χ3v) is 4.58. The molecule has 0 amide bonds. The number of hydroxylamine groups is 1. The van der Waals surface area contributed by atoms with Crippen molar-refractivity contribution < 1.29 is 21.6 Å². The Morgan fingerprint density at radius 1 is 1.36 bits per heavy atom. The molecule has 0 saturated heterocycles. The first-order valence-electron chi connectivity index (χ1n) is 2.61. The van der Waals surface area contributed by atoms with Crippen LogP contribution in [0.2, 0.25) is 0 Å². The van der Waals surface area contributed by atoms with Gasteiger partial charge < -0.3 is 0 Å². The predicted octanol–water partition coefficient (Wildman–Crippen LogP) is -2.23. The summed E-state index contributed by atoms with van der Waals surface area (Å²) in [7, 11) is 2.56. The van der Waals surface area contributed by atoms with Crippen molar-refractivity contribution in [2.75, 3.05) is 19.1 Å². The first kappa shape index (κ1) is 11.4. The van der Waals surface area contributed by atoms with Crippen LogP contribution in [0.5, 0.6) is 0 Å². The van der Waals surface area contributed by atoms with Gasteiger partial charge in [0.25, 0.3) is 0 Å². The molecule has 2 unspecified atom stereocenters. The molecule has 11 heavy (non-hydrogen) atoms. The molecule has 0 aliphatic heterocycles. The van der Waals surface area contributed by atoms with Crippen LogP contribution >= 0.6 is 20.4 Å². The van der Waals surface area contributed by atoms with Crippen LogP contribution in [0.15, 0.2) is 0 Å². The van der Waals surface area contributed by atoms with Crippen LogP contribution in [0.4, 0.5) is 0 Å². The van der Waals surface area contributed by atoms with Crippen LogP contribution < -0.4 is 6.72 Å². The molecule has 0 radical (unpaired) electrons. The second-order valence-electron chi connectivity index (χ2n) is 1.50. The van der Waals surface area contributed by atoms with Crippen LogP contribution in [-0.2, 0) is 14.9 Å². The van der Waals surface area contributed by atoms with Crippen LogP contribution in [0.3, 0.4) is 0 Å². The van der Waals surface area contributed by atoms with Crippen LogP contribution in [-0.4, -0.2) is 19.1 Å². The molecule has 0 aromatic carbocycles. The molecule has 8 heteroatoms. The summed E-state index contributed by atoms with van der Waals surface area (Å²) in [6.45, 7) is 0. The Labute approximate surface area is 71.9 Å².